The van der Waals surface area contributed by atoms with Crippen molar-refractivity contribution in [1.29, 1.82) is 0 Å². The Morgan fingerprint density at radius 1 is 1.29 bits per heavy atom. The summed E-state index contributed by atoms with van der Waals surface area (Å²) in [4.78, 5) is 12.5. The van der Waals surface area contributed by atoms with Crippen LogP contribution >= 0.6 is 11.3 Å². The summed E-state index contributed by atoms with van der Waals surface area (Å²) >= 11 is 1.70. The van der Waals surface area contributed by atoms with Gasteiger partial charge in [-0.1, -0.05) is 18.2 Å². The number of nitrogens with zero attached hydrogens (tertiary/aromatic N) is 1. The van der Waals surface area contributed by atoms with Crippen LogP contribution in [0.4, 0.5) is 0 Å². The Bertz CT molecular complexity index is 950. The number of H-pyrrole nitrogens is 1. The van der Waals surface area contributed by atoms with Crippen LogP contribution < -0.4 is 5.73 Å². The highest BCUT2D eigenvalue weighted by Gasteiger charge is 2.15. The second kappa shape index (κ2) is 4.43. The van der Waals surface area contributed by atoms with Crippen molar-refractivity contribution in [3.63, 3.8) is 0 Å². The van der Waals surface area contributed by atoms with Crippen LogP contribution in [0.1, 0.15) is 10.5 Å². The second-order valence-electron chi connectivity index (χ2n) is 4.74. The van der Waals surface area contributed by atoms with Gasteiger partial charge in [-0.2, -0.15) is 5.10 Å². The lowest BCUT2D eigenvalue weighted by molar-refractivity contribution is 0.0997. The van der Waals surface area contributed by atoms with E-state index >= 15 is 0 Å². The fourth-order valence-electron chi connectivity index (χ4n) is 2.47. The van der Waals surface area contributed by atoms with Gasteiger partial charge in [0.25, 0.3) is 5.91 Å². The number of nitrogens with one attached hydrogen (secondary N) is 1. The number of hydrogen-bond acceptors (Lipinski definition) is 3. The Labute approximate surface area is 124 Å². The molecular formula is C16H10N3OS. The molecule has 4 aromatic rings. The quantitative estimate of drug-likeness (QED) is 0.594. The predicted octanol–water partition coefficient (Wildman–Crippen LogP) is 3.34. The molecule has 4 rings (SSSR count). The lowest BCUT2D eigenvalue weighted by Gasteiger charge is -1.98. The highest BCUT2D eigenvalue weighted by Crippen LogP contribution is 2.36. The van der Waals surface area contributed by atoms with Gasteiger partial charge in [-0.15, -0.1) is 11.3 Å². The van der Waals surface area contributed by atoms with Crippen LogP contribution in [0.5, 0.6) is 0 Å². The van der Waals surface area contributed by atoms with Crippen LogP contribution in [0.3, 0.4) is 0 Å². The van der Waals surface area contributed by atoms with Crippen LogP contribution in [0, 0.1) is 6.07 Å². The van der Waals surface area contributed by atoms with Crippen molar-refractivity contribution in [3.05, 3.63) is 54.2 Å². The topological polar surface area (TPSA) is 71.8 Å². The van der Waals surface area contributed by atoms with Gasteiger partial charge >= 0.3 is 0 Å². The largest absolute Gasteiger partial charge is 0.364 e. The molecule has 4 nitrogen and oxygen atoms in total. The fraction of sp³-hybridized carbons (Fsp3) is 0. The Hall–Kier alpha value is -2.66. The SMILES string of the molecule is NC(=O)c1n[nH]c2c(-c3cc4ccccc4s3)c[c]cc12. The van der Waals surface area contributed by atoms with Crippen LogP contribution in [0.2, 0.25) is 0 Å². The molecular weight excluding hydrogens is 282 g/mol. The molecule has 2 heterocycles. The summed E-state index contributed by atoms with van der Waals surface area (Å²) in [5.41, 5.74) is 7.39. The summed E-state index contributed by atoms with van der Waals surface area (Å²) in [6.07, 6.45) is 0. The number of nitrogens with two attached hydrogens (primary N) is 1. The third kappa shape index (κ3) is 1.82. The second-order valence-corrected chi connectivity index (χ2v) is 5.83. The molecule has 0 saturated carbocycles. The maximum atomic E-state index is 11.4. The van der Waals surface area contributed by atoms with Crippen molar-refractivity contribution >= 4 is 38.2 Å². The van der Waals surface area contributed by atoms with Crippen molar-refractivity contribution in [1.82, 2.24) is 10.2 Å². The van der Waals surface area contributed by atoms with Gasteiger partial charge in [0, 0.05) is 20.5 Å². The molecule has 0 aliphatic rings. The number of carbonyl (C=O) groups excluding carboxylic acids is 1. The van der Waals surface area contributed by atoms with Crippen molar-refractivity contribution < 1.29 is 4.79 Å². The van der Waals surface area contributed by atoms with Gasteiger partial charge < -0.3 is 5.73 Å². The van der Waals surface area contributed by atoms with E-state index in [0.717, 1.165) is 16.0 Å². The average Bonchev–Trinajstić information content (AvgIpc) is 3.10. The Morgan fingerprint density at radius 2 is 2.14 bits per heavy atom. The zero-order valence-electron chi connectivity index (χ0n) is 10.9. The number of rotatable bonds is 2. The molecule has 0 aliphatic carbocycles. The molecule has 3 N–H and O–H groups in total. The molecule has 0 saturated heterocycles. The minimum absolute atomic E-state index is 0.254. The van der Waals surface area contributed by atoms with E-state index in [0.29, 0.717) is 5.39 Å². The predicted molar refractivity (Wildman–Crippen MR) is 84.3 cm³/mol. The molecule has 101 valence electrons. The molecule has 1 radical (unpaired) electrons. The first-order chi connectivity index (χ1) is 10.2. The zero-order valence-corrected chi connectivity index (χ0v) is 11.7. The Morgan fingerprint density at radius 3 is 2.95 bits per heavy atom. The first-order valence-corrected chi connectivity index (χ1v) is 7.22. The lowest BCUT2D eigenvalue weighted by Crippen LogP contribution is -2.11. The van der Waals surface area contributed by atoms with Gasteiger partial charge in [-0.25, -0.2) is 0 Å². The van der Waals surface area contributed by atoms with E-state index in [-0.39, 0.29) is 5.69 Å². The zero-order chi connectivity index (χ0) is 14.4. The van der Waals surface area contributed by atoms with E-state index in [9.17, 15) is 4.79 Å². The molecule has 2 aromatic heterocycles. The van der Waals surface area contributed by atoms with E-state index in [1.807, 2.05) is 18.2 Å². The van der Waals surface area contributed by atoms with E-state index in [1.165, 1.54) is 10.1 Å². The molecule has 0 spiro atoms. The highest BCUT2D eigenvalue weighted by molar-refractivity contribution is 7.22. The maximum absolute atomic E-state index is 11.4. The van der Waals surface area contributed by atoms with E-state index < -0.39 is 5.91 Å². The van der Waals surface area contributed by atoms with Crippen molar-refractivity contribution in [2.45, 2.75) is 0 Å². The maximum Gasteiger partial charge on any atom is 0.269 e. The smallest absolute Gasteiger partial charge is 0.269 e. The van der Waals surface area contributed by atoms with E-state index in [2.05, 4.69) is 34.5 Å². The standard InChI is InChI=1S/C16H10N3OS/c17-16(20)15-11-6-3-5-10(14(11)18-19-15)13-8-9-4-1-2-7-12(9)21-13/h1-2,4-8H,(H2,17,20)(H,18,19). The van der Waals surface area contributed by atoms with Crippen LogP contribution in [0.15, 0.2) is 42.5 Å². The minimum Gasteiger partial charge on any atom is -0.364 e. The van der Waals surface area contributed by atoms with Gasteiger partial charge in [0.1, 0.15) is 0 Å². The van der Waals surface area contributed by atoms with Crippen molar-refractivity contribution in [2.75, 3.05) is 0 Å². The summed E-state index contributed by atoms with van der Waals surface area (Å²) in [5.74, 6) is -0.539. The summed E-state index contributed by atoms with van der Waals surface area (Å²) in [6.45, 7) is 0. The number of carbonyl (C=O) groups is 1. The van der Waals surface area contributed by atoms with Gasteiger partial charge in [0.05, 0.1) is 5.52 Å². The number of amides is 1. The third-order valence-corrected chi connectivity index (χ3v) is 4.60. The van der Waals surface area contributed by atoms with Crippen LogP contribution in [0.25, 0.3) is 31.4 Å². The van der Waals surface area contributed by atoms with Crippen molar-refractivity contribution in [3.8, 4) is 10.4 Å². The monoisotopic (exact) mass is 292 g/mol. The molecule has 0 fully saturated rings. The Kier molecular flexibility index (Phi) is 2.55. The van der Waals surface area contributed by atoms with Crippen LogP contribution in [-0.2, 0) is 0 Å². The third-order valence-electron chi connectivity index (χ3n) is 3.45. The van der Waals surface area contributed by atoms with E-state index in [4.69, 9.17) is 5.73 Å². The minimum atomic E-state index is -0.539. The average molecular weight is 292 g/mol. The number of primary amides is 1. The van der Waals surface area contributed by atoms with Gasteiger partial charge in [-0.05, 0) is 35.7 Å². The molecule has 0 bridgehead atoms. The van der Waals surface area contributed by atoms with Crippen LogP contribution in [-0.4, -0.2) is 16.1 Å². The number of aromatic nitrogens is 2. The number of fused-ring (bicyclic) bond motifs is 2. The summed E-state index contributed by atoms with van der Waals surface area (Å²) in [5, 5.41) is 8.84. The molecule has 0 atom stereocenters. The molecule has 0 aliphatic heterocycles. The number of benzene rings is 2. The molecule has 21 heavy (non-hydrogen) atoms. The van der Waals surface area contributed by atoms with E-state index in [1.54, 1.807) is 17.4 Å². The summed E-state index contributed by atoms with van der Waals surface area (Å²) < 4.78 is 1.22. The molecule has 0 unspecified atom stereocenters. The molecule has 1 amide bonds. The van der Waals surface area contributed by atoms with Crippen molar-refractivity contribution in [2.24, 2.45) is 5.73 Å². The summed E-state index contributed by atoms with van der Waals surface area (Å²) in [7, 11) is 0. The van der Waals surface area contributed by atoms with Gasteiger partial charge in [-0.3, -0.25) is 9.89 Å². The van der Waals surface area contributed by atoms with Gasteiger partial charge in [0.2, 0.25) is 0 Å². The lowest BCUT2D eigenvalue weighted by atomic mass is 10.1. The number of hydrogen-bond donors (Lipinski definition) is 2. The molecule has 5 heteroatoms. The first kappa shape index (κ1) is 12.1. The molecule has 2 aromatic carbocycles. The normalized spacial score (nSPS) is 11.2. The van der Waals surface area contributed by atoms with Gasteiger partial charge in [0.15, 0.2) is 5.69 Å². The number of aromatic amines is 1. The Balaban J connectivity index is 1.99. The summed E-state index contributed by atoms with van der Waals surface area (Å²) in [6, 6.07) is 17.1. The highest BCUT2D eigenvalue weighted by atomic mass is 32.1. The fourth-order valence-corrected chi connectivity index (χ4v) is 3.56. The first-order valence-electron chi connectivity index (χ1n) is 6.41. The number of thiophene rings is 1.